The number of amides is 1. The number of nitrogens with zero attached hydrogens (tertiary/aromatic N) is 3. The fourth-order valence-electron chi connectivity index (χ4n) is 2.80. The third-order valence-corrected chi connectivity index (χ3v) is 3.87. The first-order chi connectivity index (χ1) is 11.9. The number of nitrogens with one attached hydrogen (secondary N) is 2. The number of pyridine rings is 2. The number of fused-ring (bicyclic) bond motifs is 1. The van der Waals surface area contributed by atoms with Gasteiger partial charge in [0.25, 0.3) is 0 Å². The van der Waals surface area contributed by atoms with Gasteiger partial charge in [-0.25, -0.2) is 9.18 Å². The summed E-state index contributed by atoms with van der Waals surface area (Å²) in [5.74, 6) is -1.17. The van der Waals surface area contributed by atoms with Gasteiger partial charge in [-0.1, -0.05) is 0 Å². The van der Waals surface area contributed by atoms with Crippen LogP contribution in [0, 0.1) is 15.9 Å². The van der Waals surface area contributed by atoms with E-state index < -0.39 is 22.7 Å². The van der Waals surface area contributed by atoms with E-state index in [1.54, 1.807) is 6.07 Å². The molecule has 25 heavy (non-hydrogen) atoms. The Kier molecular flexibility index (Phi) is 4.42. The Morgan fingerprint density at radius 1 is 1.36 bits per heavy atom. The summed E-state index contributed by atoms with van der Waals surface area (Å²) in [5.41, 5.74) is 2.09. The lowest BCUT2D eigenvalue weighted by molar-refractivity contribution is -0.388. The van der Waals surface area contributed by atoms with Crippen molar-refractivity contribution < 1.29 is 19.2 Å². The van der Waals surface area contributed by atoms with Crippen LogP contribution in [0.25, 0.3) is 0 Å². The number of anilines is 2. The number of hydrogen-bond acceptors (Lipinski definition) is 6. The van der Waals surface area contributed by atoms with E-state index >= 15 is 0 Å². The van der Waals surface area contributed by atoms with Crippen LogP contribution in [0.4, 0.5) is 26.4 Å². The summed E-state index contributed by atoms with van der Waals surface area (Å²) in [6, 6.07) is 2.58. The molecule has 1 atom stereocenters. The molecule has 1 aliphatic rings. The van der Waals surface area contributed by atoms with Crippen LogP contribution in [-0.4, -0.2) is 32.1 Å². The molecule has 3 rings (SSSR count). The summed E-state index contributed by atoms with van der Waals surface area (Å²) in [5, 5.41) is 25.0. The van der Waals surface area contributed by atoms with Crippen molar-refractivity contribution in [3.05, 3.63) is 51.7 Å². The van der Waals surface area contributed by atoms with Crippen molar-refractivity contribution in [2.75, 3.05) is 5.32 Å². The van der Waals surface area contributed by atoms with Gasteiger partial charge in [-0.2, -0.15) is 0 Å². The minimum Gasteiger partial charge on any atom is -0.465 e. The Morgan fingerprint density at radius 2 is 2.16 bits per heavy atom. The van der Waals surface area contributed by atoms with Crippen molar-refractivity contribution in [2.45, 2.75) is 25.3 Å². The van der Waals surface area contributed by atoms with E-state index in [1.807, 2.05) is 0 Å². The number of hydrogen-bond donors (Lipinski definition) is 3. The van der Waals surface area contributed by atoms with E-state index in [4.69, 9.17) is 5.11 Å². The van der Waals surface area contributed by atoms with Crippen LogP contribution in [0.15, 0.2) is 24.5 Å². The van der Waals surface area contributed by atoms with E-state index in [-0.39, 0.29) is 11.7 Å². The van der Waals surface area contributed by atoms with E-state index in [1.165, 1.54) is 6.20 Å². The molecular formula is C15H14FN5O4. The third kappa shape index (κ3) is 3.79. The van der Waals surface area contributed by atoms with Crippen molar-refractivity contribution >= 4 is 23.3 Å². The van der Waals surface area contributed by atoms with Gasteiger partial charge in [0.1, 0.15) is 5.69 Å². The summed E-state index contributed by atoms with van der Waals surface area (Å²) in [7, 11) is 0. The highest BCUT2D eigenvalue weighted by molar-refractivity contribution is 5.67. The molecule has 1 amide bonds. The number of rotatable bonds is 4. The average molecular weight is 347 g/mol. The molecule has 3 N–H and O–H groups in total. The largest absolute Gasteiger partial charge is 0.465 e. The second-order valence-corrected chi connectivity index (χ2v) is 5.63. The van der Waals surface area contributed by atoms with Gasteiger partial charge in [0.05, 0.1) is 11.9 Å². The van der Waals surface area contributed by atoms with Crippen LogP contribution < -0.4 is 10.6 Å². The first-order valence-electron chi connectivity index (χ1n) is 7.46. The summed E-state index contributed by atoms with van der Waals surface area (Å²) < 4.78 is 13.3. The third-order valence-electron chi connectivity index (χ3n) is 3.87. The minimum absolute atomic E-state index is 0.0621. The Labute approximate surface area is 141 Å². The summed E-state index contributed by atoms with van der Waals surface area (Å²) in [6.45, 7) is 0. The van der Waals surface area contributed by atoms with Crippen LogP contribution in [0.3, 0.4) is 0 Å². The first-order valence-corrected chi connectivity index (χ1v) is 7.46. The quantitative estimate of drug-likeness (QED) is 0.572. The SMILES string of the molecule is O=C(O)NC1CCc2cc(Nc3cc(F)cnc3[N+](=O)[O-])cnc2C1. The smallest absolute Gasteiger partial charge is 0.404 e. The molecule has 130 valence electrons. The standard InChI is InChI=1S/C15H14FN5O4/c16-9-4-13(14(18-6-9)21(24)25)19-11-3-8-1-2-10(20-15(22)23)5-12(8)17-7-11/h3-4,6-7,10,19-20H,1-2,5H2,(H,22,23). The number of halogens is 1. The molecule has 1 unspecified atom stereocenters. The molecule has 2 aromatic rings. The van der Waals surface area contributed by atoms with E-state index in [0.717, 1.165) is 23.5 Å². The fourth-order valence-corrected chi connectivity index (χ4v) is 2.80. The van der Waals surface area contributed by atoms with Crippen LogP contribution >= 0.6 is 0 Å². The van der Waals surface area contributed by atoms with Crippen LogP contribution in [0.2, 0.25) is 0 Å². The number of aryl methyl sites for hydroxylation is 1. The van der Waals surface area contributed by atoms with Gasteiger partial charge in [-0.05, 0) is 34.4 Å². The number of carbonyl (C=O) groups is 1. The van der Waals surface area contributed by atoms with Crippen molar-refractivity contribution in [1.29, 1.82) is 0 Å². The van der Waals surface area contributed by atoms with Gasteiger partial charge in [-0.15, -0.1) is 0 Å². The second-order valence-electron chi connectivity index (χ2n) is 5.63. The zero-order valence-corrected chi connectivity index (χ0v) is 12.9. The van der Waals surface area contributed by atoms with E-state index in [9.17, 15) is 19.3 Å². The fraction of sp³-hybridized carbons (Fsp3) is 0.267. The molecule has 0 aliphatic heterocycles. The van der Waals surface area contributed by atoms with Crippen LogP contribution in [-0.2, 0) is 12.8 Å². The lowest BCUT2D eigenvalue weighted by atomic mass is 9.92. The Bertz CT molecular complexity index is 845. The highest BCUT2D eigenvalue weighted by Gasteiger charge is 2.22. The second kappa shape index (κ2) is 6.67. The normalized spacial score (nSPS) is 16.0. The molecule has 9 nitrogen and oxygen atoms in total. The number of nitro groups is 1. The highest BCUT2D eigenvalue weighted by Crippen LogP contribution is 2.28. The summed E-state index contributed by atoms with van der Waals surface area (Å²) in [4.78, 5) is 28.8. The van der Waals surface area contributed by atoms with Crippen molar-refractivity contribution in [3.8, 4) is 0 Å². The molecular weight excluding hydrogens is 333 g/mol. The zero-order chi connectivity index (χ0) is 18.0. The topological polar surface area (TPSA) is 130 Å². The zero-order valence-electron chi connectivity index (χ0n) is 12.9. The molecule has 1 aliphatic carbocycles. The minimum atomic E-state index is -1.07. The maximum absolute atomic E-state index is 13.3. The lowest BCUT2D eigenvalue weighted by Crippen LogP contribution is -2.38. The van der Waals surface area contributed by atoms with Crippen molar-refractivity contribution in [2.24, 2.45) is 0 Å². The molecule has 0 spiro atoms. The maximum atomic E-state index is 13.3. The van der Waals surface area contributed by atoms with E-state index in [2.05, 4.69) is 20.6 Å². The molecule has 0 saturated heterocycles. The number of aromatic nitrogens is 2. The van der Waals surface area contributed by atoms with Gasteiger partial charge in [0.2, 0.25) is 0 Å². The summed E-state index contributed by atoms with van der Waals surface area (Å²) in [6.07, 6.45) is 2.90. The Morgan fingerprint density at radius 3 is 2.88 bits per heavy atom. The molecule has 0 fully saturated rings. The van der Waals surface area contributed by atoms with E-state index in [0.29, 0.717) is 24.9 Å². The predicted molar refractivity (Wildman–Crippen MR) is 85.3 cm³/mol. The first kappa shape index (κ1) is 16.6. The summed E-state index contributed by atoms with van der Waals surface area (Å²) >= 11 is 0. The van der Waals surface area contributed by atoms with Crippen LogP contribution in [0.1, 0.15) is 17.7 Å². The van der Waals surface area contributed by atoms with Crippen LogP contribution in [0.5, 0.6) is 0 Å². The van der Waals surface area contributed by atoms with Gasteiger partial charge in [-0.3, -0.25) is 4.98 Å². The molecule has 0 saturated carbocycles. The maximum Gasteiger partial charge on any atom is 0.404 e. The molecule has 0 radical (unpaired) electrons. The van der Waals surface area contributed by atoms with Gasteiger partial charge < -0.3 is 25.9 Å². The molecule has 0 aromatic carbocycles. The highest BCUT2D eigenvalue weighted by atomic mass is 19.1. The van der Waals surface area contributed by atoms with Gasteiger partial charge >= 0.3 is 11.9 Å². The van der Waals surface area contributed by atoms with Gasteiger partial charge in [0.15, 0.2) is 12.0 Å². The van der Waals surface area contributed by atoms with Gasteiger partial charge in [0, 0.05) is 24.2 Å². The lowest BCUT2D eigenvalue weighted by Gasteiger charge is -2.24. The van der Waals surface area contributed by atoms with Crippen molar-refractivity contribution in [3.63, 3.8) is 0 Å². The Balaban J connectivity index is 1.81. The molecule has 2 aromatic heterocycles. The number of carboxylic acid groups (broad SMARTS) is 1. The molecule has 0 bridgehead atoms. The molecule has 2 heterocycles. The molecule has 10 heteroatoms. The average Bonchev–Trinajstić information content (AvgIpc) is 2.54. The Hall–Kier alpha value is -3.30. The van der Waals surface area contributed by atoms with Crippen molar-refractivity contribution in [1.82, 2.24) is 15.3 Å². The predicted octanol–water partition coefficient (Wildman–Crippen LogP) is 2.39. The monoisotopic (exact) mass is 347 g/mol.